The van der Waals surface area contributed by atoms with Gasteiger partial charge in [-0.05, 0) is 64.4 Å². The Morgan fingerprint density at radius 2 is 1.14 bits per heavy atom. The van der Waals surface area contributed by atoms with Gasteiger partial charge in [-0.2, -0.15) is 0 Å². The van der Waals surface area contributed by atoms with Crippen molar-refractivity contribution in [2.45, 2.75) is 0 Å². The smallest absolute Gasteiger partial charge is 0.155 e. The number of nitrogens with zero attached hydrogens (tertiary/aromatic N) is 2. The molecule has 0 unspecified atom stereocenters. The van der Waals surface area contributed by atoms with Crippen LogP contribution >= 0.6 is 22.7 Å². The van der Waals surface area contributed by atoms with Gasteiger partial charge >= 0.3 is 0 Å². The molecule has 0 aliphatic carbocycles. The Labute approximate surface area is 256 Å². The van der Waals surface area contributed by atoms with Crippen molar-refractivity contribution in [2.24, 2.45) is 0 Å². The van der Waals surface area contributed by atoms with Gasteiger partial charge in [0, 0.05) is 53.2 Å². The van der Waals surface area contributed by atoms with Gasteiger partial charge in [-0.3, -0.25) is 4.90 Å². The highest BCUT2D eigenvalue weighted by Crippen LogP contribution is 2.46. The molecule has 4 heteroatoms. The van der Waals surface area contributed by atoms with Crippen LogP contribution in [0.25, 0.3) is 62.2 Å². The zero-order valence-corrected chi connectivity index (χ0v) is 24.7. The molecule has 0 atom stereocenters. The molecule has 0 radical (unpaired) electrons. The fraction of sp³-hybridized carbons (Fsp3) is 0. The van der Waals surface area contributed by atoms with Crippen LogP contribution in [-0.2, 0) is 0 Å². The van der Waals surface area contributed by atoms with Gasteiger partial charge < -0.3 is 0 Å². The average Bonchev–Trinajstić information content (AvgIpc) is 3.65. The van der Waals surface area contributed by atoms with E-state index in [4.69, 9.17) is 4.98 Å². The lowest BCUT2D eigenvalue weighted by Gasteiger charge is -2.25. The highest BCUT2D eigenvalue weighted by Gasteiger charge is 2.21. The van der Waals surface area contributed by atoms with Crippen LogP contribution in [0.3, 0.4) is 0 Å². The first-order valence-electron chi connectivity index (χ1n) is 14.4. The van der Waals surface area contributed by atoms with Crippen molar-refractivity contribution in [3.63, 3.8) is 0 Å². The zero-order valence-electron chi connectivity index (χ0n) is 23.1. The van der Waals surface area contributed by atoms with Crippen LogP contribution in [0.15, 0.2) is 146 Å². The van der Waals surface area contributed by atoms with Crippen LogP contribution in [0.4, 0.5) is 17.2 Å². The van der Waals surface area contributed by atoms with Crippen LogP contribution in [0.1, 0.15) is 0 Å². The van der Waals surface area contributed by atoms with Crippen molar-refractivity contribution in [3.05, 3.63) is 146 Å². The summed E-state index contributed by atoms with van der Waals surface area (Å²) in [5.41, 5.74) is 4.60. The number of aromatic nitrogens is 1. The summed E-state index contributed by atoms with van der Waals surface area (Å²) in [4.78, 5) is 7.42. The maximum absolute atomic E-state index is 5.08. The van der Waals surface area contributed by atoms with E-state index >= 15 is 0 Å². The van der Waals surface area contributed by atoms with E-state index in [9.17, 15) is 0 Å². The third-order valence-electron chi connectivity index (χ3n) is 8.32. The number of fused-ring (bicyclic) bond motifs is 8. The summed E-state index contributed by atoms with van der Waals surface area (Å²) in [6, 6.07) is 50.3. The van der Waals surface area contributed by atoms with Crippen LogP contribution < -0.4 is 4.90 Å². The van der Waals surface area contributed by atoms with E-state index in [0.717, 1.165) is 17.2 Å². The van der Waals surface area contributed by atoms with Gasteiger partial charge in [0.15, 0.2) is 5.82 Å². The molecule has 6 aromatic carbocycles. The molecule has 0 aliphatic heterocycles. The Kier molecular flexibility index (Phi) is 5.58. The van der Waals surface area contributed by atoms with Crippen molar-refractivity contribution in [1.29, 1.82) is 0 Å². The maximum Gasteiger partial charge on any atom is 0.155 e. The molecule has 0 amide bonds. The second-order valence-corrected chi connectivity index (χ2v) is 12.9. The van der Waals surface area contributed by atoms with Crippen molar-refractivity contribution in [1.82, 2.24) is 4.98 Å². The minimum absolute atomic E-state index is 0.953. The topological polar surface area (TPSA) is 16.1 Å². The number of benzene rings is 6. The fourth-order valence-electron chi connectivity index (χ4n) is 6.26. The quantitative estimate of drug-likeness (QED) is 0.205. The molecule has 3 aromatic heterocycles. The predicted molar refractivity (Wildman–Crippen MR) is 188 cm³/mol. The normalized spacial score (nSPS) is 11.7. The molecule has 9 aromatic rings. The lowest BCUT2D eigenvalue weighted by Crippen LogP contribution is -2.11. The summed E-state index contributed by atoms with van der Waals surface area (Å²) in [5.74, 6) is 0.953. The second-order valence-electron chi connectivity index (χ2n) is 10.8. The van der Waals surface area contributed by atoms with E-state index in [1.54, 1.807) is 0 Å². The molecule has 43 heavy (non-hydrogen) atoms. The summed E-state index contributed by atoms with van der Waals surface area (Å²) in [5, 5.41) is 7.64. The highest BCUT2D eigenvalue weighted by molar-refractivity contribution is 7.27. The molecule has 0 saturated heterocycles. The van der Waals surface area contributed by atoms with Gasteiger partial charge in [0.25, 0.3) is 0 Å². The Hall–Kier alpha value is -5.03. The lowest BCUT2D eigenvalue weighted by atomic mass is 10.0. The first-order valence-corrected chi connectivity index (χ1v) is 16.0. The SMILES string of the molecule is c1ccc(-c2ccc(N(c3ccc4sc5ccccc5c4c3)c3nccc4c3sc3c5ccccc5ccc43)cc2)cc1. The van der Waals surface area contributed by atoms with Crippen LogP contribution in [0, 0.1) is 0 Å². The Morgan fingerprint density at radius 3 is 2.02 bits per heavy atom. The molecular weight excluding hydrogens is 561 g/mol. The highest BCUT2D eigenvalue weighted by atomic mass is 32.1. The van der Waals surface area contributed by atoms with Gasteiger partial charge in [-0.25, -0.2) is 4.98 Å². The predicted octanol–water partition coefficient (Wildman–Crippen LogP) is 12.1. The molecular formula is C39H24N2S2. The number of anilines is 3. The zero-order chi connectivity index (χ0) is 28.3. The molecule has 9 rings (SSSR count). The second kappa shape index (κ2) is 9.77. The summed E-state index contributed by atoms with van der Waals surface area (Å²) in [7, 11) is 0. The Morgan fingerprint density at radius 1 is 0.442 bits per heavy atom. The number of thiophene rings is 2. The minimum Gasteiger partial charge on any atom is -0.294 e. The van der Waals surface area contributed by atoms with Crippen molar-refractivity contribution in [3.8, 4) is 11.1 Å². The number of hydrogen-bond acceptors (Lipinski definition) is 4. The van der Waals surface area contributed by atoms with E-state index in [1.807, 2.05) is 28.9 Å². The largest absolute Gasteiger partial charge is 0.294 e. The van der Waals surface area contributed by atoms with Crippen LogP contribution in [0.2, 0.25) is 0 Å². The number of rotatable bonds is 4. The summed E-state index contributed by atoms with van der Waals surface area (Å²) < 4.78 is 5.10. The fourth-order valence-corrected chi connectivity index (χ4v) is 8.65. The molecule has 0 bridgehead atoms. The maximum atomic E-state index is 5.08. The van der Waals surface area contributed by atoms with E-state index in [1.165, 1.54) is 62.2 Å². The van der Waals surface area contributed by atoms with Crippen molar-refractivity contribution >= 4 is 91.0 Å². The first-order chi connectivity index (χ1) is 21.3. The van der Waals surface area contributed by atoms with Gasteiger partial charge in [-0.1, -0.05) is 97.1 Å². The molecule has 0 N–H and O–H groups in total. The first kappa shape index (κ1) is 24.6. The van der Waals surface area contributed by atoms with Gasteiger partial charge in [0.1, 0.15) is 0 Å². The third kappa shape index (κ3) is 3.95. The minimum atomic E-state index is 0.953. The monoisotopic (exact) mass is 584 g/mol. The van der Waals surface area contributed by atoms with Gasteiger partial charge in [0.05, 0.1) is 4.70 Å². The molecule has 0 saturated carbocycles. The number of pyridine rings is 1. The summed E-state index contributed by atoms with van der Waals surface area (Å²) in [6.07, 6.45) is 1.96. The molecule has 0 aliphatic rings. The van der Waals surface area contributed by atoms with Crippen LogP contribution in [0.5, 0.6) is 0 Å². The van der Waals surface area contributed by atoms with E-state index in [0.29, 0.717) is 0 Å². The van der Waals surface area contributed by atoms with Crippen molar-refractivity contribution in [2.75, 3.05) is 4.90 Å². The van der Waals surface area contributed by atoms with E-state index < -0.39 is 0 Å². The molecule has 2 nitrogen and oxygen atoms in total. The van der Waals surface area contributed by atoms with Gasteiger partial charge in [-0.15, -0.1) is 22.7 Å². The third-order valence-corrected chi connectivity index (χ3v) is 10.7. The number of hydrogen-bond donors (Lipinski definition) is 0. The average molecular weight is 585 g/mol. The summed E-state index contributed by atoms with van der Waals surface area (Å²) in [6.45, 7) is 0. The standard InChI is InChI=1S/C39H24N2S2/c1-2-8-25(9-3-1)26-14-17-28(18-15-26)41(29-19-21-36-34(24-29)31-12-6-7-13-35(31)42-36)39-38-33(22-23-40-39)32-20-16-27-10-4-5-11-30(27)37(32)43-38/h1-24H. The lowest BCUT2D eigenvalue weighted by molar-refractivity contribution is 1.21. The molecule has 0 fully saturated rings. The van der Waals surface area contributed by atoms with Crippen molar-refractivity contribution < 1.29 is 0 Å². The molecule has 0 spiro atoms. The molecule has 202 valence electrons. The summed E-state index contributed by atoms with van der Waals surface area (Å²) >= 11 is 3.69. The van der Waals surface area contributed by atoms with Crippen LogP contribution in [-0.4, -0.2) is 4.98 Å². The Balaban J connectivity index is 1.30. The Bertz CT molecular complexity index is 2450. The van der Waals surface area contributed by atoms with Gasteiger partial charge in [0.2, 0.25) is 0 Å². The molecule has 3 heterocycles. The van der Waals surface area contributed by atoms with E-state index in [-0.39, 0.29) is 0 Å². The van der Waals surface area contributed by atoms with E-state index in [2.05, 4.69) is 144 Å².